The lowest BCUT2D eigenvalue weighted by Gasteiger charge is -2.29. The fraction of sp³-hybridized carbons (Fsp3) is 0.243. The van der Waals surface area contributed by atoms with Crippen LogP contribution >= 0.6 is 0 Å². The standard InChI is InChI=1S/C37H36N2O2/c1-6-36(3)34(38(5)33-22-19-27-15-10-11-16-30(27)35(33)36)18-12-17-31-25(2)29-21-20-28(39(40)41)23-32(29)37(31,4)24-26-13-8-7-9-14-26/h7-23H,6,24H2,1-5H3/b17-12+,34-18+. The predicted molar refractivity (Wildman–Crippen MR) is 170 cm³/mol. The van der Waals surface area contributed by atoms with Crippen LogP contribution in [0.5, 0.6) is 0 Å². The largest absolute Gasteiger partial charge is 0.347 e. The second kappa shape index (κ2) is 9.88. The van der Waals surface area contributed by atoms with Crippen LogP contribution in [-0.2, 0) is 17.3 Å². The Hall–Kier alpha value is -4.44. The average Bonchev–Trinajstić information content (AvgIpc) is 3.33. The summed E-state index contributed by atoms with van der Waals surface area (Å²) in [4.78, 5) is 13.8. The van der Waals surface area contributed by atoms with E-state index in [4.69, 9.17) is 0 Å². The number of fused-ring (bicyclic) bond motifs is 4. The van der Waals surface area contributed by atoms with Crippen molar-refractivity contribution in [3.8, 4) is 0 Å². The topological polar surface area (TPSA) is 46.4 Å². The van der Waals surface area contributed by atoms with E-state index in [0.29, 0.717) is 0 Å². The Kier molecular flexibility index (Phi) is 6.45. The fourth-order valence-electron chi connectivity index (χ4n) is 7.27. The van der Waals surface area contributed by atoms with E-state index in [1.54, 1.807) is 12.1 Å². The number of nitrogens with zero attached hydrogens (tertiary/aromatic N) is 2. The Morgan fingerprint density at radius 1 is 0.927 bits per heavy atom. The molecule has 2 aliphatic rings. The Bertz CT molecular complexity index is 1780. The van der Waals surface area contributed by atoms with Crippen LogP contribution in [0.1, 0.15) is 56.4 Å². The van der Waals surface area contributed by atoms with Gasteiger partial charge in [-0.1, -0.05) is 86.7 Å². The van der Waals surface area contributed by atoms with Gasteiger partial charge in [-0.3, -0.25) is 10.1 Å². The molecule has 0 amide bonds. The van der Waals surface area contributed by atoms with Gasteiger partial charge in [-0.15, -0.1) is 0 Å². The molecule has 0 aromatic heterocycles. The SMILES string of the molecule is CCC1(C)/C(=C\C=C\C2=C(C)c3ccc([N+](=O)[O-])cc3C2(C)Cc2ccccc2)N(C)c2ccc3ccccc3c21. The molecule has 4 aromatic rings. The maximum Gasteiger partial charge on any atom is 0.269 e. The first kappa shape index (κ1) is 26.8. The zero-order valence-corrected chi connectivity index (χ0v) is 24.4. The highest BCUT2D eigenvalue weighted by atomic mass is 16.6. The van der Waals surface area contributed by atoms with E-state index in [0.717, 1.165) is 24.0 Å². The molecular weight excluding hydrogens is 504 g/mol. The monoisotopic (exact) mass is 540 g/mol. The molecule has 41 heavy (non-hydrogen) atoms. The second-order valence-corrected chi connectivity index (χ2v) is 11.9. The van der Waals surface area contributed by atoms with E-state index in [2.05, 4.69) is 119 Å². The van der Waals surface area contributed by atoms with Gasteiger partial charge >= 0.3 is 0 Å². The molecule has 0 N–H and O–H groups in total. The minimum Gasteiger partial charge on any atom is -0.347 e. The zero-order valence-electron chi connectivity index (χ0n) is 24.4. The lowest BCUT2D eigenvalue weighted by molar-refractivity contribution is -0.385. The lowest BCUT2D eigenvalue weighted by Crippen LogP contribution is -2.26. The molecule has 1 aliphatic heterocycles. The number of benzene rings is 4. The summed E-state index contributed by atoms with van der Waals surface area (Å²) >= 11 is 0. The van der Waals surface area contributed by atoms with Crippen LogP contribution in [0.2, 0.25) is 0 Å². The molecule has 0 spiro atoms. The molecule has 206 valence electrons. The molecule has 0 bridgehead atoms. The minimum absolute atomic E-state index is 0.120. The summed E-state index contributed by atoms with van der Waals surface area (Å²) in [6.45, 7) is 9.00. The van der Waals surface area contributed by atoms with E-state index in [1.165, 1.54) is 44.4 Å². The van der Waals surface area contributed by atoms with Crippen LogP contribution in [0, 0.1) is 10.1 Å². The van der Waals surface area contributed by atoms with Gasteiger partial charge in [0.15, 0.2) is 0 Å². The van der Waals surface area contributed by atoms with Gasteiger partial charge in [-0.05, 0) is 89.1 Å². The molecule has 2 unspecified atom stereocenters. The molecule has 4 heteroatoms. The Morgan fingerprint density at radius 3 is 2.39 bits per heavy atom. The molecule has 0 radical (unpaired) electrons. The van der Waals surface area contributed by atoms with Gasteiger partial charge in [0.05, 0.1) is 4.92 Å². The number of nitro benzene ring substituents is 1. The van der Waals surface area contributed by atoms with Gasteiger partial charge in [-0.25, -0.2) is 0 Å². The summed E-state index contributed by atoms with van der Waals surface area (Å²) in [5, 5.41) is 14.3. The van der Waals surface area contributed by atoms with Crippen molar-refractivity contribution in [2.75, 3.05) is 11.9 Å². The van der Waals surface area contributed by atoms with E-state index >= 15 is 0 Å². The Labute approximate surface area is 242 Å². The van der Waals surface area contributed by atoms with Crippen molar-refractivity contribution in [2.45, 2.75) is 51.4 Å². The van der Waals surface area contributed by atoms with Gasteiger partial charge in [0, 0.05) is 41.4 Å². The summed E-state index contributed by atoms with van der Waals surface area (Å²) in [5.74, 6) is 0. The van der Waals surface area contributed by atoms with Crippen molar-refractivity contribution in [3.05, 3.63) is 147 Å². The fourth-order valence-corrected chi connectivity index (χ4v) is 7.27. The molecule has 0 saturated heterocycles. The number of hydrogen-bond acceptors (Lipinski definition) is 3. The van der Waals surface area contributed by atoms with Gasteiger partial charge in [0.2, 0.25) is 0 Å². The molecule has 4 nitrogen and oxygen atoms in total. The van der Waals surface area contributed by atoms with Crippen molar-refractivity contribution >= 4 is 27.7 Å². The van der Waals surface area contributed by atoms with E-state index in [1.807, 2.05) is 12.1 Å². The van der Waals surface area contributed by atoms with Crippen molar-refractivity contribution in [1.29, 1.82) is 0 Å². The average molecular weight is 541 g/mol. The molecule has 1 aliphatic carbocycles. The van der Waals surface area contributed by atoms with Crippen LogP contribution in [0.15, 0.2) is 114 Å². The Balaban J connectivity index is 1.44. The number of non-ortho nitro benzene ring substituents is 1. The summed E-state index contributed by atoms with van der Waals surface area (Å²) in [6, 6.07) is 28.9. The van der Waals surface area contributed by atoms with Gasteiger partial charge in [-0.2, -0.15) is 0 Å². The molecule has 0 fully saturated rings. The third-order valence-corrected chi connectivity index (χ3v) is 9.58. The number of nitro groups is 1. The first-order valence-corrected chi connectivity index (χ1v) is 14.4. The van der Waals surface area contributed by atoms with E-state index in [-0.39, 0.29) is 16.0 Å². The quantitative estimate of drug-likeness (QED) is 0.181. The maximum absolute atomic E-state index is 11.7. The van der Waals surface area contributed by atoms with Gasteiger partial charge < -0.3 is 4.90 Å². The Morgan fingerprint density at radius 2 is 1.66 bits per heavy atom. The third kappa shape index (κ3) is 4.12. The first-order valence-electron chi connectivity index (χ1n) is 14.4. The lowest BCUT2D eigenvalue weighted by atomic mass is 9.74. The van der Waals surface area contributed by atoms with Crippen LogP contribution in [0.3, 0.4) is 0 Å². The number of rotatable bonds is 6. The first-order chi connectivity index (χ1) is 19.7. The zero-order chi connectivity index (χ0) is 28.9. The summed E-state index contributed by atoms with van der Waals surface area (Å²) in [5.41, 5.74) is 9.27. The van der Waals surface area contributed by atoms with Crippen molar-refractivity contribution in [2.24, 2.45) is 0 Å². The van der Waals surface area contributed by atoms with Crippen molar-refractivity contribution < 1.29 is 4.92 Å². The molecule has 1 heterocycles. The van der Waals surface area contributed by atoms with Crippen molar-refractivity contribution in [3.63, 3.8) is 0 Å². The van der Waals surface area contributed by atoms with Crippen molar-refractivity contribution in [1.82, 2.24) is 0 Å². The molecule has 4 aromatic carbocycles. The van der Waals surface area contributed by atoms with Crippen LogP contribution in [0.4, 0.5) is 11.4 Å². The van der Waals surface area contributed by atoms with Crippen LogP contribution in [-0.4, -0.2) is 12.0 Å². The summed E-state index contributed by atoms with van der Waals surface area (Å²) < 4.78 is 0. The number of anilines is 1. The molecular formula is C37H36N2O2. The molecule has 6 rings (SSSR count). The highest BCUT2D eigenvalue weighted by molar-refractivity contribution is 5.95. The van der Waals surface area contributed by atoms with E-state index < -0.39 is 5.41 Å². The number of likely N-dealkylation sites (N-methyl/N-ethyl adjacent to an activating group) is 1. The van der Waals surface area contributed by atoms with Gasteiger partial charge in [0.1, 0.15) is 0 Å². The maximum atomic E-state index is 11.7. The van der Waals surface area contributed by atoms with Gasteiger partial charge in [0.25, 0.3) is 5.69 Å². The van der Waals surface area contributed by atoms with E-state index in [9.17, 15) is 10.1 Å². The van der Waals surface area contributed by atoms with Crippen LogP contribution in [0.25, 0.3) is 16.3 Å². The summed E-state index contributed by atoms with van der Waals surface area (Å²) in [7, 11) is 2.17. The van der Waals surface area contributed by atoms with Crippen LogP contribution < -0.4 is 4.90 Å². The highest BCUT2D eigenvalue weighted by Crippen LogP contribution is 2.53. The number of hydrogen-bond donors (Lipinski definition) is 0. The minimum atomic E-state index is -0.392. The highest BCUT2D eigenvalue weighted by Gasteiger charge is 2.42. The normalized spacial score (nSPS) is 22.7. The smallest absolute Gasteiger partial charge is 0.269 e. The third-order valence-electron chi connectivity index (χ3n) is 9.58. The number of allylic oxidation sites excluding steroid dienone is 6. The predicted octanol–water partition coefficient (Wildman–Crippen LogP) is 9.29. The molecule has 2 atom stereocenters. The summed E-state index contributed by atoms with van der Waals surface area (Å²) in [6.07, 6.45) is 8.45. The second-order valence-electron chi connectivity index (χ2n) is 11.9. The molecule has 0 saturated carbocycles.